The van der Waals surface area contributed by atoms with Crippen molar-refractivity contribution in [3.05, 3.63) is 46.0 Å². The number of carbonyl (C=O) groups is 2. The molecule has 0 saturated carbocycles. The first-order valence-electron chi connectivity index (χ1n) is 8.25. The molecular weight excluding hydrogens is 344 g/mol. The number of aliphatic hydroxyl groups excluding tert-OH is 1. The Hall–Kier alpha value is -2.03. The molecule has 25 heavy (non-hydrogen) atoms. The molecule has 0 spiro atoms. The van der Waals surface area contributed by atoms with Crippen molar-refractivity contribution in [3.63, 3.8) is 0 Å². The zero-order valence-corrected chi connectivity index (χ0v) is 14.5. The number of Topliss-reactive ketones (excluding diaryl/α,β-unsaturated/α-hetero) is 2. The predicted octanol–water partition coefficient (Wildman–Crippen LogP) is 0.675. The van der Waals surface area contributed by atoms with E-state index in [1.54, 1.807) is 23.1 Å². The van der Waals surface area contributed by atoms with Gasteiger partial charge in [-0.3, -0.25) is 9.59 Å². The number of ketones is 2. The Morgan fingerprint density at radius 2 is 1.60 bits per heavy atom. The van der Waals surface area contributed by atoms with Crippen molar-refractivity contribution in [2.75, 3.05) is 26.2 Å². The largest absolute Gasteiger partial charge is 0.395 e. The normalized spacial score (nSPS) is 18.5. The molecule has 2 N–H and O–H groups in total. The number of piperidine rings is 1. The molecule has 0 aromatic heterocycles. The van der Waals surface area contributed by atoms with Gasteiger partial charge in [0, 0.05) is 30.8 Å². The summed E-state index contributed by atoms with van der Waals surface area (Å²) in [5.74, 6) is -1.12. The van der Waals surface area contributed by atoms with Crippen LogP contribution >= 0.6 is 0 Å². The molecule has 134 valence electrons. The lowest BCUT2D eigenvalue weighted by Gasteiger charge is -2.33. The summed E-state index contributed by atoms with van der Waals surface area (Å²) in [6, 6.07) is 6.26. The van der Waals surface area contributed by atoms with Crippen LogP contribution in [0, 0.1) is 0 Å². The summed E-state index contributed by atoms with van der Waals surface area (Å²) in [4.78, 5) is 27.1. The van der Waals surface area contributed by atoms with Crippen molar-refractivity contribution in [2.45, 2.75) is 19.3 Å². The molecule has 0 radical (unpaired) electrons. The van der Waals surface area contributed by atoms with E-state index in [-0.39, 0.29) is 23.4 Å². The Morgan fingerprint density at radius 1 is 1.00 bits per heavy atom. The van der Waals surface area contributed by atoms with E-state index in [9.17, 15) is 18.0 Å². The quantitative estimate of drug-likeness (QED) is 0.796. The number of likely N-dealkylation sites (tertiary alicyclic amines) is 1. The number of nitrogens with zero attached hydrogens (tertiary/aromatic N) is 1. The fourth-order valence-electron chi connectivity index (χ4n) is 3.25. The van der Waals surface area contributed by atoms with Gasteiger partial charge in [0.2, 0.25) is 21.6 Å². The SMILES string of the molecule is O=C1C(N2CCCCC2)=C(S(=O)(=O)NCCO)C(=O)c2ccccc21. The Balaban J connectivity index is 2.18. The number of benzene rings is 1. The van der Waals surface area contributed by atoms with E-state index in [0.717, 1.165) is 19.3 Å². The van der Waals surface area contributed by atoms with Crippen LogP contribution in [-0.2, 0) is 10.0 Å². The summed E-state index contributed by atoms with van der Waals surface area (Å²) in [6.07, 6.45) is 2.68. The predicted molar refractivity (Wildman–Crippen MR) is 91.6 cm³/mol. The molecule has 1 fully saturated rings. The van der Waals surface area contributed by atoms with Gasteiger partial charge in [-0.2, -0.15) is 0 Å². The van der Waals surface area contributed by atoms with E-state index in [1.165, 1.54) is 6.07 Å². The lowest BCUT2D eigenvalue weighted by atomic mass is 9.91. The van der Waals surface area contributed by atoms with E-state index in [2.05, 4.69) is 4.72 Å². The van der Waals surface area contributed by atoms with Crippen molar-refractivity contribution >= 4 is 21.6 Å². The minimum Gasteiger partial charge on any atom is -0.395 e. The van der Waals surface area contributed by atoms with Gasteiger partial charge in [0.05, 0.1) is 6.61 Å². The molecule has 0 atom stereocenters. The summed E-state index contributed by atoms with van der Waals surface area (Å²) in [7, 11) is -4.21. The molecular formula is C17H20N2O5S. The molecule has 1 heterocycles. The molecule has 2 aliphatic rings. The number of allylic oxidation sites excluding steroid dienone is 2. The van der Waals surface area contributed by atoms with Gasteiger partial charge in [0.25, 0.3) is 0 Å². The Morgan fingerprint density at radius 3 is 2.20 bits per heavy atom. The maximum absolute atomic E-state index is 13.0. The maximum atomic E-state index is 13.0. The van der Waals surface area contributed by atoms with Crippen LogP contribution in [0.4, 0.5) is 0 Å². The van der Waals surface area contributed by atoms with Gasteiger partial charge in [-0.1, -0.05) is 24.3 Å². The first-order chi connectivity index (χ1) is 12.0. The molecule has 0 bridgehead atoms. The third-order valence-electron chi connectivity index (χ3n) is 4.40. The smallest absolute Gasteiger partial charge is 0.246 e. The third-order valence-corrected chi connectivity index (χ3v) is 5.90. The summed E-state index contributed by atoms with van der Waals surface area (Å²) in [5, 5.41) is 8.91. The van der Waals surface area contributed by atoms with E-state index >= 15 is 0 Å². The first kappa shape index (κ1) is 17.8. The van der Waals surface area contributed by atoms with Gasteiger partial charge in [0.15, 0.2) is 4.91 Å². The molecule has 8 heteroatoms. The van der Waals surface area contributed by atoms with Crippen molar-refractivity contribution in [3.8, 4) is 0 Å². The van der Waals surface area contributed by atoms with Crippen LogP contribution in [0.5, 0.6) is 0 Å². The van der Waals surface area contributed by atoms with Crippen LogP contribution in [0.15, 0.2) is 34.9 Å². The van der Waals surface area contributed by atoms with Crippen LogP contribution in [0.1, 0.15) is 40.0 Å². The molecule has 1 aliphatic carbocycles. The Labute approximate surface area is 146 Å². The van der Waals surface area contributed by atoms with Crippen LogP contribution < -0.4 is 4.72 Å². The number of aliphatic hydroxyl groups is 1. The number of hydrogen-bond acceptors (Lipinski definition) is 6. The van der Waals surface area contributed by atoms with E-state index < -0.39 is 33.1 Å². The van der Waals surface area contributed by atoms with E-state index in [0.29, 0.717) is 13.1 Å². The van der Waals surface area contributed by atoms with Crippen molar-refractivity contribution in [1.29, 1.82) is 0 Å². The lowest BCUT2D eigenvalue weighted by Crippen LogP contribution is -2.41. The molecule has 1 aromatic carbocycles. The second-order valence-corrected chi connectivity index (χ2v) is 7.75. The van der Waals surface area contributed by atoms with Crippen LogP contribution in [0.3, 0.4) is 0 Å². The number of hydrogen-bond donors (Lipinski definition) is 2. The average Bonchev–Trinajstić information content (AvgIpc) is 2.63. The molecule has 0 amide bonds. The Kier molecular flexibility index (Phi) is 5.03. The first-order valence-corrected chi connectivity index (χ1v) is 9.74. The summed E-state index contributed by atoms with van der Waals surface area (Å²) < 4.78 is 27.6. The highest BCUT2D eigenvalue weighted by Crippen LogP contribution is 2.32. The van der Waals surface area contributed by atoms with Gasteiger partial charge >= 0.3 is 0 Å². The van der Waals surface area contributed by atoms with E-state index in [4.69, 9.17) is 5.11 Å². The second-order valence-electron chi connectivity index (χ2n) is 6.05. The fraction of sp³-hybridized carbons (Fsp3) is 0.412. The minimum atomic E-state index is -4.21. The highest BCUT2D eigenvalue weighted by Gasteiger charge is 2.41. The van der Waals surface area contributed by atoms with Gasteiger partial charge in [-0.25, -0.2) is 13.1 Å². The van der Waals surface area contributed by atoms with Crippen LogP contribution in [0.25, 0.3) is 0 Å². The number of nitrogens with one attached hydrogen (secondary N) is 1. The van der Waals surface area contributed by atoms with Gasteiger partial charge < -0.3 is 10.0 Å². The Bertz CT molecular complexity index is 838. The average molecular weight is 364 g/mol. The number of sulfonamides is 1. The van der Waals surface area contributed by atoms with Crippen LogP contribution in [0.2, 0.25) is 0 Å². The molecule has 1 aliphatic heterocycles. The highest BCUT2D eigenvalue weighted by atomic mass is 32.2. The van der Waals surface area contributed by atoms with Gasteiger partial charge in [-0.05, 0) is 19.3 Å². The monoisotopic (exact) mass is 364 g/mol. The second kappa shape index (κ2) is 7.07. The number of carbonyl (C=O) groups excluding carboxylic acids is 2. The summed E-state index contributed by atoms with van der Waals surface area (Å²) in [6.45, 7) is 0.456. The summed E-state index contributed by atoms with van der Waals surface area (Å²) >= 11 is 0. The number of rotatable bonds is 5. The number of fused-ring (bicyclic) bond motifs is 1. The lowest BCUT2D eigenvalue weighted by molar-refractivity contribution is 0.0939. The summed E-state index contributed by atoms with van der Waals surface area (Å²) in [5.41, 5.74) is 0.278. The zero-order valence-electron chi connectivity index (χ0n) is 13.7. The van der Waals surface area contributed by atoms with Crippen molar-refractivity contribution < 1.29 is 23.1 Å². The molecule has 1 saturated heterocycles. The topological polar surface area (TPSA) is 104 Å². The standard InChI is InChI=1S/C17H20N2O5S/c20-11-8-18-25(23,24)17-14(19-9-4-1-5-10-19)15(21)12-6-2-3-7-13(12)16(17)22/h2-3,6-7,18,20H,1,4-5,8-11H2. The van der Waals surface area contributed by atoms with Crippen LogP contribution in [-0.4, -0.2) is 56.2 Å². The van der Waals surface area contributed by atoms with E-state index in [1.807, 2.05) is 0 Å². The molecule has 3 rings (SSSR count). The third kappa shape index (κ3) is 3.24. The molecule has 7 nitrogen and oxygen atoms in total. The minimum absolute atomic E-state index is 0.0474. The van der Waals surface area contributed by atoms with Crippen molar-refractivity contribution in [2.24, 2.45) is 0 Å². The van der Waals surface area contributed by atoms with Gasteiger partial charge in [-0.15, -0.1) is 0 Å². The zero-order chi connectivity index (χ0) is 18.0. The highest BCUT2D eigenvalue weighted by molar-refractivity contribution is 7.94. The molecule has 1 aromatic rings. The molecule has 0 unspecified atom stereocenters. The maximum Gasteiger partial charge on any atom is 0.246 e. The van der Waals surface area contributed by atoms with Gasteiger partial charge in [0.1, 0.15) is 5.70 Å². The fourth-order valence-corrected chi connectivity index (χ4v) is 4.58. The van der Waals surface area contributed by atoms with Crippen molar-refractivity contribution in [1.82, 2.24) is 9.62 Å².